The molecule has 0 aromatic heterocycles. The summed E-state index contributed by atoms with van der Waals surface area (Å²) in [5.74, 6) is 0.566. The van der Waals surface area contributed by atoms with Crippen LogP contribution in [0.1, 0.15) is 30.7 Å². The van der Waals surface area contributed by atoms with E-state index in [0.717, 1.165) is 5.56 Å². The maximum absolute atomic E-state index is 11.8. The van der Waals surface area contributed by atoms with Gasteiger partial charge in [-0.1, -0.05) is 30.3 Å². The largest absolute Gasteiger partial charge is 0.352 e. The van der Waals surface area contributed by atoms with Gasteiger partial charge in [-0.2, -0.15) is 0 Å². The van der Waals surface area contributed by atoms with Gasteiger partial charge in [-0.05, 0) is 31.2 Å². The van der Waals surface area contributed by atoms with Crippen molar-refractivity contribution in [2.75, 3.05) is 0 Å². The Morgan fingerprint density at radius 2 is 2.00 bits per heavy atom. The molecule has 3 heteroatoms. The standard InChI is InChI=1S/C13H16ClNO/c1-9(10-7-8-10)15-13(16)12(14)11-5-3-2-4-6-11/h2-6,9-10,12H,7-8H2,1H3,(H,15,16). The average molecular weight is 238 g/mol. The monoisotopic (exact) mass is 237 g/mol. The third-order valence-corrected chi connectivity index (χ3v) is 3.47. The number of hydrogen-bond acceptors (Lipinski definition) is 1. The number of hydrogen-bond donors (Lipinski definition) is 1. The number of benzene rings is 1. The van der Waals surface area contributed by atoms with Gasteiger partial charge in [0, 0.05) is 6.04 Å². The second-order valence-electron chi connectivity index (χ2n) is 4.41. The van der Waals surface area contributed by atoms with Gasteiger partial charge < -0.3 is 5.32 Å². The van der Waals surface area contributed by atoms with E-state index in [-0.39, 0.29) is 11.9 Å². The highest BCUT2D eigenvalue weighted by molar-refractivity contribution is 6.30. The molecular weight excluding hydrogens is 222 g/mol. The topological polar surface area (TPSA) is 29.1 Å². The average Bonchev–Trinajstić information content (AvgIpc) is 3.13. The molecule has 1 aromatic carbocycles. The first kappa shape index (κ1) is 11.5. The fourth-order valence-corrected chi connectivity index (χ4v) is 1.99. The van der Waals surface area contributed by atoms with Gasteiger partial charge in [-0.3, -0.25) is 4.79 Å². The van der Waals surface area contributed by atoms with Crippen LogP contribution < -0.4 is 5.32 Å². The maximum atomic E-state index is 11.8. The van der Waals surface area contributed by atoms with Crippen molar-refractivity contribution in [2.45, 2.75) is 31.2 Å². The third-order valence-electron chi connectivity index (χ3n) is 3.02. The van der Waals surface area contributed by atoms with Crippen LogP contribution in [0.15, 0.2) is 30.3 Å². The molecule has 1 aromatic rings. The second-order valence-corrected chi connectivity index (χ2v) is 4.84. The molecule has 0 saturated heterocycles. The minimum atomic E-state index is -0.581. The number of nitrogens with one attached hydrogen (secondary N) is 1. The molecule has 2 atom stereocenters. The molecule has 0 bridgehead atoms. The van der Waals surface area contributed by atoms with E-state index in [1.165, 1.54) is 12.8 Å². The van der Waals surface area contributed by atoms with E-state index in [9.17, 15) is 4.79 Å². The van der Waals surface area contributed by atoms with Gasteiger partial charge in [0.2, 0.25) is 5.91 Å². The minimum Gasteiger partial charge on any atom is -0.352 e. The highest BCUT2D eigenvalue weighted by Gasteiger charge is 2.30. The van der Waals surface area contributed by atoms with Crippen molar-refractivity contribution >= 4 is 17.5 Å². The number of carbonyl (C=O) groups is 1. The lowest BCUT2D eigenvalue weighted by Gasteiger charge is -2.16. The molecule has 0 spiro atoms. The van der Waals surface area contributed by atoms with Gasteiger partial charge in [-0.15, -0.1) is 11.6 Å². The summed E-state index contributed by atoms with van der Waals surface area (Å²) in [5.41, 5.74) is 0.852. The Bertz CT molecular complexity index is 361. The van der Waals surface area contributed by atoms with E-state index < -0.39 is 5.38 Å². The van der Waals surface area contributed by atoms with Gasteiger partial charge in [0.15, 0.2) is 0 Å². The number of alkyl halides is 1. The lowest BCUT2D eigenvalue weighted by atomic mass is 10.1. The molecule has 1 saturated carbocycles. The summed E-state index contributed by atoms with van der Waals surface area (Å²) in [6.07, 6.45) is 2.44. The Morgan fingerprint density at radius 1 is 1.38 bits per heavy atom. The van der Waals surface area contributed by atoms with Crippen LogP contribution in [-0.2, 0) is 4.79 Å². The zero-order valence-electron chi connectivity index (χ0n) is 9.32. The van der Waals surface area contributed by atoms with Crippen LogP contribution in [0.25, 0.3) is 0 Å². The predicted octanol–water partition coefficient (Wildman–Crippen LogP) is 2.88. The zero-order valence-corrected chi connectivity index (χ0v) is 10.1. The van der Waals surface area contributed by atoms with Crippen molar-refractivity contribution in [3.05, 3.63) is 35.9 Å². The van der Waals surface area contributed by atoms with Gasteiger partial charge >= 0.3 is 0 Å². The van der Waals surface area contributed by atoms with Crippen LogP contribution in [-0.4, -0.2) is 11.9 Å². The quantitative estimate of drug-likeness (QED) is 0.802. The van der Waals surface area contributed by atoms with Crippen molar-refractivity contribution in [3.8, 4) is 0 Å². The molecule has 1 aliphatic rings. The van der Waals surface area contributed by atoms with E-state index in [1.807, 2.05) is 37.3 Å². The van der Waals surface area contributed by atoms with Gasteiger partial charge in [0.25, 0.3) is 0 Å². The van der Waals surface area contributed by atoms with E-state index in [2.05, 4.69) is 5.32 Å². The molecule has 2 unspecified atom stereocenters. The molecule has 16 heavy (non-hydrogen) atoms. The van der Waals surface area contributed by atoms with Crippen molar-refractivity contribution in [2.24, 2.45) is 5.92 Å². The molecule has 2 nitrogen and oxygen atoms in total. The normalized spacial score (nSPS) is 18.9. The predicted molar refractivity (Wildman–Crippen MR) is 65.4 cm³/mol. The van der Waals surface area contributed by atoms with Crippen LogP contribution in [0, 0.1) is 5.92 Å². The molecule has 0 aliphatic heterocycles. The molecule has 1 amide bonds. The molecule has 2 rings (SSSR count). The highest BCUT2D eigenvalue weighted by Crippen LogP contribution is 2.32. The van der Waals surface area contributed by atoms with E-state index in [1.54, 1.807) is 0 Å². The zero-order chi connectivity index (χ0) is 11.5. The molecule has 0 heterocycles. The Balaban J connectivity index is 1.93. The minimum absolute atomic E-state index is 0.0905. The fraction of sp³-hybridized carbons (Fsp3) is 0.462. The Hall–Kier alpha value is -1.02. The van der Waals surface area contributed by atoms with Gasteiger partial charge in [0.05, 0.1) is 0 Å². The van der Waals surface area contributed by atoms with Crippen LogP contribution in [0.4, 0.5) is 0 Å². The van der Waals surface area contributed by atoms with Crippen molar-refractivity contribution < 1.29 is 4.79 Å². The molecule has 1 aliphatic carbocycles. The van der Waals surface area contributed by atoms with E-state index in [4.69, 9.17) is 11.6 Å². The van der Waals surface area contributed by atoms with Crippen molar-refractivity contribution in [1.29, 1.82) is 0 Å². The summed E-state index contributed by atoms with van der Waals surface area (Å²) >= 11 is 6.11. The summed E-state index contributed by atoms with van der Waals surface area (Å²) < 4.78 is 0. The number of halogens is 1. The number of rotatable bonds is 4. The van der Waals surface area contributed by atoms with Crippen LogP contribution >= 0.6 is 11.6 Å². The molecule has 1 fully saturated rings. The Kier molecular flexibility index (Phi) is 3.49. The summed E-state index contributed by atoms with van der Waals surface area (Å²) in [5, 5.41) is 2.39. The maximum Gasteiger partial charge on any atom is 0.242 e. The summed E-state index contributed by atoms with van der Waals surface area (Å²) in [4.78, 5) is 11.8. The molecule has 0 radical (unpaired) electrons. The van der Waals surface area contributed by atoms with Crippen LogP contribution in [0.5, 0.6) is 0 Å². The van der Waals surface area contributed by atoms with Crippen LogP contribution in [0.2, 0.25) is 0 Å². The van der Waals surface area contributed by atoms with Crippen LogP contribution in [0.3, 0.4) is 0 Å². The first-order valence-electron chi connectivity index (χ1n) is 5.68. The van der Waals surface area contributed by atoms with Crippen molar-refractivity contribution in [3.63, 3.8) is 0 Å². The third kappa shape index (κ3) is 2.76. The Labute approximate surface area is 101 Å². The molecule has 86 valence electrons. The summed E-state index contributed by atoms with van der Waals surface area (Å²) in [6.45, 7) is 2.05. The number of amides is 1. The number of carbonyl (C=O) groups excluding carboxylic acids is 1. The lowest BCUT2D eigenvalue weighted by Crippen LogP contribution is -2.36. The van der Waals surface area contributed by atoms with E-state index >= 15 is 0 Å². The first-order valence-corrected chi connectivity index (χ1v) is 6.11. The summed E-state index contributed by atoms with van der Waals surface area (Å²) in [7, 11) is 0. The first-order chi connectivity index (χ1) is 7.68. The fourth-order valence-electron chi connectivity index (χ4n) is 1.79. The SMILES string of the molecule is CC(NC(=O)C(Cl)c1ccccc1)C1CC1. The van der Waals surface area contributed by atoms with E-state index in [0.29, 0.717) is 5.92 Å². The van der Waals surface area contributed by atoms with Gasteiger partial charge in [-0.25, -0.2) is 0 Å². The smallest absolute Gasteiger partial charge is 0.242 e. The molecular formula is C13H16ClNO. The second kappa shape index (κ2) is 4.88. The highest BCUT2D eigenvalue weighted by atomic mass is 35.5. The van der Waals surface area contributed by atoms with Gasteiger partial charge in [0.1, 0.15) is 5.38 Å². The van der Waals surface area contributed by atoms with Crippen molar-refractivity contribution in [1.82, 2.24) is 5.32 Å². The Morgan fingerprint density at radius 3 is 2.56 bits per heavy atom. The lowest BCUT2D eigenvalue weighted by molar-refractivity contribution is -0.121. The molecule has 1 N–H and O–H groups in total. The summed E-state index contributed by atoms with van der Waals surface area (Å²) in [6, 6.07) is 9.69.